The molecule has 5 rings (SSSR count). The molecule has 154 valence electrons. The molecule has 0 bridgehead atoms. The first-order valence-electron chi connectivity index (χ1n) is 9.61. The third kappa shape index (κ3) is 2.32. The smallest absolute Gasteiger partial charge is 0.347 e. The maximum Gasteiger partial charge on any atom is 0.347 e. The van der Waals surface area contributed by atoms with Crippen molar-refractivity contribution in [2.45, 2.75) is 38.5 Å². The molecular weight excluding hydrogens is 390 g/mol. The Balaban J connectivity index is 1.77. The molecule has 1 aliphatic heterocycles. The molecule has 0 aromatic carbocycles. The Labute approximate surface area is 169 Å². The number of aromatic nitrogens is 3. The molecular formula is C21H19N3O6. The van der Waals surface area contributed by atoms with Gasteiger partial charge < -0.3 is 9.52 Å². The minimum Gasteiger partial charge on any atom is -0.463 e. The number of aliphatic hydroxyl groups is 1. The number of Topliss-reactive ketones (excluding diaryl/α,β-unsaturated/α-hetero) is 1. The lowest BCUT2D eigenvalue weighted by Gasteiger charge is -2.38. The molecule has 0 amide bonds. The van der Waals surface area contributed by atoms with Crippen molar-refractivity contribution >= 4 is 11.6 Å². The van der Waals surface area contributed by atoms with Gasteiger partial charge in [-0.05, 0) is 30.7 Å². The molecule has 0 fully saturated rings. The van der Waals surface area contributed by atoms with Gasteiger partial charge in [0.15, 0.2) is 11.6 Å². The van der Waals surface area contributed by atoms with Crippen LogP contribution in [-0.4, -0.2) is 30.6 Å². The first-order chi connectivity index (χ1) is 14.3. The molecule has 3 heterocycles. The van der Waals surface area contributed by atoms with Gasteiger partial charge in [-0.25, -0.2) is 23.5 Å². The Morgan fingerprint density at radius 1 is 1.17 bits per heavy atom. The molecule has 9 heteroatoms. The number of furan rings is 1. The summed E-state index contributed by atoms with van der Waals surface area (Å²) in [5.74, 6) is -0.434. The summed E-state index contributed by atoms with van der Waals surface area (Å²) >= 11 is 0. The molecule has 0 saturated carbocycles. The van der Waals surface area contributed by atoms with E-state index in [4.69, 9.17) is 4.42 Å². The molecule has 2 aliphatic carbocycles. The molecule has 0 radical (unpaired) electrons. The first kappa shape index (κ1) is 18.6. The minimum absolute atomic E-state index is 0.143. The highest BCUT2D eigenvalue weighted by Crippen LogP contribution is 2.49. The van der Waals surface area contributed by atoms with Crippen molar-refractivity contribution in [3.63, 3.8) is 0 Å². The van der Waals surface area contributed by atoms with Crippen molar-refractivity contribution in [1.29, 1.82) is 0 Å². The second kappa shape index (κ2) is 6.27. The average molecular weight is 409 g/mol. The third-order valence-electron chi connectivity index (χ3n) is 6.14. The Kier molecular flexibility index (Phi) is 3.88. The van der Waals surface area contributed by atoms with Gasteiger partial charge in [0.25, 0.3) is 0 Å². The van der Waals surface area contributed by atoms with Gasteiger partial charge in [0, 0.05) is 30.2 Å². The maximum absolute atomic E-state index is 13.0. The van der Waals surface area contributed by atoms with Gasteiger partial charge >= 0.3 is 11.4 Å². The Morgan fingerprint density at radius 2 is 1.93 bits per heavy atom. The van der Waals surface area contributed by atoms with Gasteiger partial charge in [-0.2, -0.15) is 0 Å². The number of fused-ring (bicyclic) bond motifs is 3. The fourth-order valence-electron chi connectivity index (χ4n) is 4.72. The van der Waals surface area contributed by atoms with Gasteiger partial charge in [0.2, 0.25) is 0 Å². The number of ketones is 2. The second-order valence-electron chi connectivity index (χ2n) is 7.78. The molecule has 0 unspecified atom stereocenters. The summed E-state index contributed by atoms with van der Waals surface area (Å²) in [6.07, 6.45) is 3.30. The number of hydrogen-bond donors (Lipinski definition) is 1. The largest absolute Gasteiger partial charge is 0.463 e. The summed E-state index contributed by atoms with van der Waals surface area (Å²) in [5.41, 5.74) is 0.839. The predicted molar refractivity (Wildman–Crippen MR) is 104 cm³/mol. The van der Waals surface area contributed by atoms with E-state index in [1.165, 1.54) is 22.5 Å². The van der Waals surface area contributed by atoms with Crippen molar-refractivity contribution < 1.29 is 19.1 Å². The van der Waals surface area contributed by atoms with Crippen molar-refractivity contribution in [2.75, 3.05) is 0 Å². The van der Waals surface area contributed by atoms with Crippen molar-refractivity contribution in [3.8, 4) is 0 Å². The van der Waals surface area contributed by atoms with Crippen LogP contribution in [0.5, 0.6) is 0 Å². The molecule has 0 saturated heterocycles. The lowest BCUT2D eigenvalue weighted by molar-refractivity contribution is -0.116. The monoisotopic (exact) mass is 409 g/mol. The summed E-state index contributed by atoms with van der Waals surface area (Å²) in [5, 5.41) is 9.41. The number of aliphatic hydroxyl groups excluding tert-OH is 1. The first-order valence-corrected chi connectivity index (χ1v) is 9.61. The molecule has 3 aliphatic rings. The number of carbonyl (C=O) groups excluding carboxylic acids is 2. The van der Waals surface area contributed by atoms with E-state index in [1.807, 2.05) is 6.08 Å². The lowest BCUT2D eigenvalue weighted by atomic mass is 9.69. The van der Waals surface area contributed by atoms with E-state index in [2.05, 4.69) is 0 Å². The normalized spacial score (nSPS) is 23.0. The van der Waals surface area contributed by atoms with Gasteiger partial charge in [0.05, 0.1) is 18.5 Å². The molecule has 2 aromatic heterocycles. The number of carbonyl (C=O) groups is 2. The van der Waals surface area contributed by atoms with Crippen molar-refractivity contribution in [2.24, 2.45) is 7.05 Å². The average Bonchev–Trinajstić information content (AvgIpc) is 3.30. The summed E-state index contributed by atoms with van der Waals surface area (Å²) in [4.78, 5) is 51.2. The summed E-state index contributed by atoms with van der Waals surface area (Å²) in [7, 11) is 1.41. The van der Waals surface area contributed by atoms with Crippen molar-refractivity contribution in [1.82, 2.24) is 13.9 Å². The Morgan fingerprint density at radius 3 is 2.63 bits per heavy atom. The van der Waals surface area contributed by atoms with Crippen molar-refractivity contribution in [3.05, 3.63) is 79.1 Å². The standard InChI is InChI=1S/C21H19N3O6/c1-10-7-15(26)17-13(19(10)27)8-14-12(18(17)16-4-3-11(9-25)30-16)5-6-23-20(28)22(2)21(29)24(14)23/h3-5,7,14,18,25H,6,8-9H2,1-2H3/t14-,18-/m1/s1. The quantitative estimate of drug-likeness (QED) is 0.570. The van der Waals surface area contributed by atoms with E-state index in [9.17, 15) is 24.3 Å². The topological polar surface area (TPSA) is 116 Å². The SMILES string of the molecule is CC1=CC(=O)C2=C(C[C@@H]3C(=CCn4c(=O)n(C)c(=O)n43)[C@@H]2c2ccc(CO)o2)C1=O. The summed E-state index contributed by atoms with van der Waals surface area (Å²) < 4.78 is 9.51. The van der Waals surface area contributed by atoms with Crippen LogP contribution in [0.3, 0.4) is 0 Å². The van der Waals surface area contributed by atoms with E-state index in [1.54, 1.807) is 19.1 Å². The molecule has 2 atom stereocenters. The zero-order valence-corrected chi connectivity index (χ0v) is 16.4. The fraction of sp³-hybridized carbons (Fsp3) is 0.333. The van der Waals surface area contributed by atoms with E-state index in [-0.39, 0.29) is 31.1 Å². The molecule has 0 spiro atoms. The van der Waals surface area contributed by atoms with Crippen LogP contribution in [-0.2, 0) is 29.8 Å². The van der Waals surface area contributed by atoms with Crippen LogP contribution >= 0.6 is 0 Å². The van der Waals surface area contributed by atoms with E-state index in [0.717, 1.165) is 10.1 Å². The number of nitrogens with zero attached hydrogens (tertiary/aromatic N) is 3. The van der Waals surface area contributed by atoms with Crippen LogP contribution in [0.25, 0.3) is 0 Å². The Bertz CT molecular complexity index is 1340. The predicted octanol–water partition coefficient (Wildman–Crippen LogP) is 0.497. The number of rotatable bonds is 2. The van der Waals surface area contributed by atoms with E-state index >= 15 is 0 Å². The van der Waals surface area contributed by atoms with Crippen LogP contribution < -0.4 is 11.4 Å². The number of allylic oxidation sites excluding steroid dienone is 6. The highest BCUT2D eigenvalue weighted by molar-refractivity contribution is 6.23. The zero-order chi connectivity index (χ0) is 21.3. The molecule has 2 aromatic rings. The second-order valence-corrected chi connectivity index (χ2v) is 7.78. The maximum atomic E-state index is 13.0. The number of hydrogen-bond acceptors (Lipinski definition) is 6. The van der Waals surface area contributed by atoms with E-state index in [0.29, 0.717) is 28.2 Å². The highest BCUT2D eigenvalue weighted by Gasteiger charge is 2.45. The highest BCUT2D eigenvalue weighted by atomic mass is 16.4. The summed E-state index contributed by atoms with van der Waals surface area (Å²) in [6.45, 7) is 1.46. The summed E-state index contributed by atoms with van der Waals surface area (Å²) in [6, 6.07) is 2.69. The van der Waals surface area contributed by atoms with E-state index < -0.39 is 23.3 Å². The molecule has 30 heavy (non-hydrogen) atoms. The minimum atomic E-state index is -0.671. The van der Waals surface area contributed by atoms with Gasteiger partial charge in [-0.15, -0.1) is 0 Å². The van der Waals surface area contributed by atoms with Crippen LogP contribution in [0.15, 0.2) is 60.6 Å². The van der Waals surface area contributed by atoms with Gasteiger partial charge in [0.1, 0.15) is 18.1 Å². The zero-order valence-electron chi connectivity index (χ0n) is 16.4. The van der Waals surface area contributed by atoms with Gasteiger partial charge in [-0.3, -0.25) is 9.59 Å². The Hall–Kier alpha value is -3.46. The van der Waals surface area contributed by atoms with Crippen LogP contribution in [0.4, 0.5) is 0 Å². The molecule has 9 nitrogen and oxygen atoms in total. The van der Waals surface area contributed by atoms with Crippen LogP contribution in [0.1, 0.15) is 36.8 Å². The van der Waals surface area contributed by atoms with Crippen LogP contribution in [0.2, 0.25) is 0 Å². The molecule has 1 N–H and O–H groups in total. The van der Waals surface area contributed by atoms with Crippen LogP contribution in [0, 0.1) is 0 Å². The third-order valence-corrected chi connectivity index (χ3v) is 6.14. The lowest BCUT2D eigenvalue weighted by Crippen LogP contribution is -2.40. The fourth-order valence-corrected chi connectivity index (χ4v) is 4.72. The van der Waals surface area contributed by atoms with Gasteiger partial charge in [-0.1, -0.05) is 6.08 Å².